The Kier molecular flexibility index (Phi) is 7.65. The number of benzene rings is 2. The molecule has 1 fully saturated rings. The van der Waals surface area contributed by atoms with Crippen molar-refractivity contribution in [3.8, 4) is 17.1 Å². The molecule has 0 spiro atoms. The summed E-state index contributed by atoms with van der Waals surface area (Å²) < 4.78 is 11.3. The number of aliphatic hydroxyl groups is 1. The summed E-state index contributed by atoms with van der Waals surface area (Å²) in [6, 6.07) is 18.0. The van der Waals surface area contributed by atoms with Crippen LogP contribution in [0.3, 0.4) is 0 Å². The number of carbonyl (C=O) groups is 2. The molecule has 1 atom stereocenters. The highest BCUT2D eigenvalue weighted by molar-refractivity contribution is 5.95. The molecule has 1 amide bonds. The van der Waals surface area contributed by atoms with Gasteiger partial charge in [-0.2, -0.15) is 0 Å². The Bertz CT molecular complexity index is 1090. The van der Waals surface area contributed by atoms with Crippen LogP contribution < -0.4 is 4.74 Å². The molecule has 4 rings (SSSR count). The number of carboxylic acid groups (broad SMARTS) is 1. The molecule has 3 aromatic rings. The maximum Gasteiger partial charge on any atom is 0.303 e. The number of ether oxygens (including phenoxy) is 1. The van der Waals surface area contributed by atoms with Crippen LogP contribution in [0, 0.1) is 0 Å². The summed E-state index contributed by atoms with van der Waals surface area (Å²) in [4.78, 5) is 25.6. The van der Waals surface area contributed by atoms with E-state index in [4.69, 9.17) is 14.3 Å². The highest BCUT2D eigenvalue weighted by atomic mass is 16.5. The topological polar surface area (TPSA) is 100 Å². The van der Waals surface area contributed by atoms with Crippen LogP contribution in [0.4, 0.5) is 0 Å². The number of hydrogen-bond donors (Lipinski definition) is 2. The van der Waals surface area contributed by atoms with Gasteiger partial charge in [0.15, 0.2) is 6.23 Å². The lowest BCUT2D eigenvalue weighted by Crippen LogP contribution is -2.37. The molecule has 2 N–H and O–H groups in total. The molecular weight excluding hydrogens is 434 g/mol. The zero-order valence-electron chi connectivity index (χ0n) is 18.9. The largest absolute Gasteiger partial charge is 0.493 e. The van der Waals surface area contributed by atoms with E-state index < -0.39 is 12.2 Å². The van der Waals surface area contributed by atoms with E-state index in [9.17, 15) is 14.7 Å². The second-order valence-electron chi connectivity index (χ2n) is 8.46. The number of para-hydroxylation sites is 1. The molecule has 1 unspecified atom stereocenters. The van der Waals surface area contributed by atoms with Crippen molar-refractivity contribution in [2.45, 2.75) is 50.8 Å². The SMILES string of the molecule is O=C(O)CCCCCOc1ccccc1C(O)N(C(=O)c1ccc(-c2ccco2)cc1)C1CC1. The Hall–Kier alpha value is -3.58. The minimum Gasteiger partial charge on any atom is -0.493 e. The van der Waals surface area contributed by atoms with Gasteiger partial charge in [-0.3, -0.25) is 9.59 Å². The molecule has 0 bridgehead atoms. The maximum atomic E-state index is 13.4. The standard InChI is InChI=1S/C27H29NO6/c29-25(30)10-2-1-5-17-34-24-8-4-3-7-22(24)27(32)28(21-15-16-21)26(31)20-13-11-19(12-14-20)23-9-6-18-33-23/h3-4,6-9,11-14,18,21,27,32H,1-2,5,10,15-17H2,(H,29,30). The maximum absolute atomic E-state index is 13.4. The van der Waals surface area contributed by atoms with E-state index in [1.54, 1.807) is 30.5 Å². The molecular formula is C27H29NO6. The summed E-state index contributed by atoms with van der Waals surface area (Å²) in [5.41, 5.74) is 1.92. The number of furan rings is 1. The third-order valence-electron chi connectivity index (χ3n) is 5.87. The third kappa shape index (κ3) is 5.85. The van der Waals surface area contributed by atoms with Gasteiger partial charge in [0.2, 0.25) is 0 Å². The van der Waals surface area contributed by atoms with Gasteiger partial charge in [0.25, 0.3) is 5.91 Å². The lowest BCUT2D eigenvalue weighted by atomic mass is 10.1. The van der Waals surface area contributed by atoms with Crippen molar-refractivity contribution in [2.75, 3.05) is 6.61 Å². The normalized spacial score (nSPS) is 13.9. The first-order valence-corrected chi connectivity index (χ1v) is 11.6. The van der Waals surface area contributed by atoms with Crippen LogP contribution in [0.25, 0.3) is 11.3 Å². The van der Waals surface area contributed by atoms with E-state index in [1.807, 2.05) is 36.4 Å². The number of hydrogen-bond acceptors (Lipinski definition) is 5. The van der Waals surface area contributed by atoms with Crippen LogP contribution in [0.5, 0.6) is 5.75 Å². The number of carboxylic acids is 1. The molecule has 1 aliphatic rings. The van der Waals surface area contributed by atoms with Gasteiger partial charge >= 0.3 is 5.97 Å². The molecule has 1 aromatic heterocycles. The van der Waals surface area contributed by atoms with Gasteiger partial charge in [-0.15, -0.1) is 0 Å². The predicted molar refractivity (Wildman–Crippen MR) is 126 cm³/mol. The van der Waals surface area contributed by atoms with Crippen molar-refractivity contribution in [1.29, 1.82) is 0 Å². The van der Waals surface area contributed by atoms with Crippen molar-refractivity contribution in [1.82, 2.24) is 4.90 Å². The highest BCUT2D eigenvalue weighted by Crippen LogP contribution is 2.37. The fraction of sp³-hybridized carbons (Fsp3) is 0.333. The van der Waals surface area contributed by atoms with Crippen molar-refractivity contribution < 1.29 is 29.0 Å². The van der Waals surface area contributed by atoms with Crippen LogP contribution in [0.15, 0.2) is 71.3 Å². The van der Waals surface area contributed by atoms with Gasteiger partial charge in [-0.05, 0) is 62.4 Å². The molecule has 7 heteroatoms. The number of nitrogens with zero attached hydrogens (tertiary/aromatic N) is 1. The van der Waals surface area contributed by atoms with E-state index in [1.165, 1.54) is 4.90 Å². The average Bonchev–Trinajstić information content (AvgIpc) is 3.52. The van der Waals surface area contributed by atoms with Crippen molar-refractivity contribution >= 4 is 11.9 Å². The van der Waals surface area contributed by atoms with Gasteiger partial charge in [0.1, 0.15) is 11.5 Å². The zero-order valence-corrected chi connectivity index (χ0v) is 18.9. The van der Waals surface area contributed by atoms with Gasteiger partial charge in [-0.25, -0.2) is 0 Å². The fourth-order valence-electron chi connectivity index (χ4n) is 3.91. The molecule has 1 heterocycles. The number of aliphatic hydroxyl groups excluding tert-OH is 1. The molecule has 34 heavy (non-hydrogen) atoms. The van der Waals surface area contributed by atoms with E-state index in [-0.39, 0.29) is 18.4 Å². The van der Waals surface area contributed by atoms with Crippen LogP contribution >= 0.6 is 0 Å². The van der Waals surface area contributed by atoms with E-state index in [0.29, 0.717) is 36.3 Å². The van der Waals surface area contributed by atoms with Gasteiger partial charge < -0.3 is 24.3 Å². The fourth-order valence-corrected chi connectivity index (χ4v) is 3.91. The van der Waals surface area contributed by atoms with Gasteiger partial charge in [0, 0.05) is 29.2 Å². The van der Waals surface area contributed by atoms with Crippen LogP contribution in [-0.2, 0) is 4.79 Å². The molecule has 2 aromatic carbocycles. The first kappa shape index (κ1) is 23.6. The predicted octanol–water partition coefficient (Wildman–Crippen LogP) is 5.27. The minimum atomic E-state index is -1.13. The number of carbonyl (C=O) groups excluding carboxylic acids is 1. The summed E-state index contributed by atoms with van der Waals surface area (Å²) >= 11 is 0. The second kappa shape index (κ2) is 11.0. The van der Waals surface area contributed by atoms with Crippen LogP contribution in [0.2, 0.25) is 0 Å². The number of unbranched alkanes of at least 4 members (excludes halogenated alkanes) is 2. The van der Waals surface area contributed by atoms with Crippen molar-refractivity contribution in [3.05, 3.63) is 78.1 Å². The summed E-state index contributed by atoms with van der Waals surface area (Å²) in [6.07, 6.45) is 4.38. The molecule has 7 nitrogen and oxygen atoms in total. The number of rotatable bonds is 12. The van der Waals surface area contributed by atoms with Crippen molar-refractivity contribution in [3.63, 3.8) is 0 Å². The number of aliphatic carboxylic acids is 1. The lowest BCUT2D eigenvalue weighted by Gasteiger charge is -2.29. The Labute approximate surface area is 198 Å². The number of amides is 1. The smallest absolute Gasteiger partial charge is 0.303 e. The molecule has 1 saturated carbocycles. The summed E-state index contributed by atoms with van der Waals surface area (Å²) in [6.45, 7) is 0.412. The Morgan fingerprint density at radius 1 is 1.00 bits per heavy atom. The molecule has 0 aliphatic heterocycles. The summed E-state index contributed by atoms with van der Waals surface area (Å²) in [5.74, 6) is 0.228. The molecule has 0 radical (unpaired) electrons. The second-order valence-corrected chi connectivity index (χ2v) is 8.46. The summed E-state index contributed by atoms with van der Waals surface area (Å²) in [7, 11) is 0. The lowest BCUT2D eigenvalue weighted by molar-refractivity contribution is -0.137. The third-order valence-corrected chi connectivity index (χ3v) is 5.87. The molecule has 0 saturated heterocycles. The Morgan fingerprint density at radius 2 is 1.76 bits per heavy atom. The van der Waals surface area contributed by atoms with Crippen molar-refractivity contribution in [2.24, 2.45) is 0 Å². The van der Waals surface area contributed by atoms with E-state index in [2.05, 4.69) is 0 Å². The van der Waals surface area contributed by atoms with Gasteiger partial charge in [-0.1, -0.05) is 30.3 Å². The average molecular weight is 464 g/mol. The summed E-state index contributed by atoms with van der Waals surface area (Å²) in [5, 5.41) is 20.0. The quantitative estimate of drug-likeness (QED) is 0.280. The first-order valence-electron chi connectivity index (χ1n) is 11.6. The zero-order chi connectivity index (χ0) is 23.9. The minimum absolute atomic E-state index is 0.0173. The Morgan fingerprint density at radius 3 is 2.44 bits per heavy atom. The molecule has 178 valence electrons. The first-order chi connectivity index (χ1) is 16.5. The van der Waals surface area contributed by atoms with E-state index >= 15 is 0 Å². The highest BCUT2D eigenvalue weighted by Gasteiger charge is 2.38. The van der Waals surface area contributed by atoms with Crippen LogP contribution in [-0.4, -0.2) is 39.6 Å². The molecule has 1 aliphatic carbocycles. The Balaban J connectivity index is 1.44. The van der Waals surface area contributed by atoms with Gasteiger partial charge in [0.05, 0.1) is 12.9 Å². The monoisotopic (exact) mass is 463 g/mol. The van der Waals surface area contributed by atoms with E-state index in [0.717, 1.165) is 30.6 Å². The van der Waals surface area contributed by atoms with Crippen LogP contribution in [0.1, 0.15) is 60.7 Å².